The van der Waals surface area contributed by atoms with Gasteiger partial charge in [0, 0.05) is 39.1 Å². The fourth-order valence-electron chi connectivity index (χ4n) is 5.27. The zero-order chi connectivity index (χ0) is 23.9. The van der Waals surface area contributed by atoms with Gasteiger partial charge in [-0.05, 0) is 31.1 Å². The Morgan fingerprint density at radius 1 is 1.06 bits per heavy atom. The Kier molecular flexibility index (Phi) is 11.3. The summed E-state index contributed by atoms with van der Waals surface area (Å²) in [6.07, 6.45) is 3.58. The summed E-state index contributed by atoms with van der Waals surface area (Å²) in [7, 11) is 3.36. The van der Waals surface area contributed by atoms with Crippen molar-refractivity contribution in [1.29, 1.82) is 0 Å². The van der Waals surface area contributed by atoms with E-state index in [0.29, 0.717) is 44.1 Å². The molecule has 1 saturated carbocycles. The number of hydrogen-bond acceptors (Lipinski definition) is 7. The number of methoxy groups -OCH3 is 2. The third kappa shape index (κ3) is 6.87. The molecule has 0 radical (unpaired) electrons. The molecular weight excluding hydrogens is 412 g/mol. The van der Waals surface area contributed by atoms with E-state index in [4.69, 9.17) is 23.7 Å². The van der Waals surface area contributed by atoms with Crippen molar-refractivity contribution >= 4 is 0 Å². The normalized spacial score (nSPS) is 39.7. The third-order valence-corrected chi connectivity index (χ3v) is 7.59. The van der Waals surface area contributed by atoms with Gasteiger partial charge in [-0.2, -0.15) is 0 Å². The monoisotopic (exact) mass is 460 g/mol. The van der Waals surface area contributed by atoms with Gasteiger partial charge in [-0.3, -0.25) is 0 Å². The Bertz CT molecular complexity index is 528. The maximum absolute atomic E-state index is 10.7. The highest BCUT2D eigenvalue weighted by Gasteiger charge is 2.49. The summed E-state index contributed by atoms with van der Waals surface area (Å²) in [5.41, 5.74) is -0.278. The number of ether oxygens (including phenoxy) is 5. The molecule has 0 amide bonds. The van der Waals surface area contributed by atoms with E-state index in [-0.39, 0.29) is 54.9 Å². The van der Waals surface area contributed by atoms with E-state index in [1.807, 2.05) is 13.8 Å². The van der Waals surface area contributed by atoms with Gasteiger partial charge in [-0.15, -0.1) is 0 Å². The van der Waals surface area contributed by atoms with Gasteiger partial charge in [0.05, 0.1) is 37.1 Å². The molecule has 1 aliphatic carbocycles. The number of rotatable bonds is 10. The molecule has 0 spiro atoms. The molecule has 0 aromatic rings. The molecule has 7 nitrogen and oxygen atoms in total. The maximum atomic E-state index is 10.7. The highest BCUT2D eigenvalue weighted by atomic mass is 16.7. The molecule has 2 heterocycles. The van der Waals surface area contributed by atoms with E-state index < -0.39 is 0 Å². The zero-order valence-electron chi connectivity index (χ0n) is 21.3. The van der Waals surface area contributed by atoms with Crippen molar-refractivity contribution in [3.05, 3.63) is 0 Å². The van der Waals surface area contributed by atoms with Crippen LogP contribution in [0.25, 0.3) is 0 Å². The van der Waals surface area contributed by atoms with Crippen LogP contribution in [0, 0.1) is 17.3 Å². The summed E-state index contributed by atoms with van der Waals surface area (Å²) in [6.45, 7) is 11.0. The minimum absolute atomic E-state index is 0.0663. The van der Waals surface area contributed by atoms with Crippen LogP contribution in [0.3, 0.4) is 0 Å². The first kappa shape index (κ1) is 28.0. The van der Waals surface area contributed by atoms with E-state index in [1.54, 1.807) is 14.2 Å². The van der Waals surface area contributed by atoms with Crippen molar-refractivity contribution < 1.29 is 33.9 Å². The van der Waals surface area contributed by atoms with Gasteiger partial charge in [0.2, 0.25) is 0 Å². The van der Waals surface area contributed by atoms with E-state index in [2.05, 4.69) is 20.8 Å². The van der Waals surface area contributed by atoms with Crippen LogP contribution in [0.5, 0.6) is 0 Å². The van der Waals surface area contributed by atoms with Crippen molar-refractivity contribution in [2.24, 2.45) is 17.3 Å². The second kappa shape index (κ2) is 13.0. The van der Waals surface area contributed by atoms with Crippen LogP contribution in [0.4, 0.5) is 0 Å². The molecule has 9 atom stereocenters. The fraction of sp³-hybridized carbons (Fsp3) is 1.00. The van der Waals surface area contributed by atoms with Crippen LogP contribution in [-0.4, -0.2) is 80.6 Å². The van der Waals surface area contributed by atoms with Crippen LogP contribution in [-0.2, 0) is 23.7 Å². The Morgan fingerprint density at radius 3 is 2.31 bits per heavy atom. The van der Waals surface area contributed by atoms with E-state index in [0.717, 1.165) is 12.8 Å². The molecule has 3 aliphatic rings. The average Bonchev–Trinajstić information content (AvgIpc) is 3.59. The summed E-state index contributed by atoms with van der Waals surface area (Å²) in [5, 5.41) is 20.3. The zero-order valence-corrected chi connectivity index (χ0v) is 21.3. The summed E-state index contributed by atoms with van der Waals surface area (Å²) < 4.78 is 29.8. The molecule has 2 N–H and O–H groups in total. The van der Waals surface area contributed by atoms with Gasteiger partial charge >= 0.3 is 0 Å². The van der Waals surface area contributed by atoms with Gasteiger partial charge in [0.25, 0.3) is 0 Å². The Labute approximate surface area is 195 Å². The molecule has 0 aromatic heterocycles. The molecule has 3 rings (SSSR count). The van der Waals surface area contributed by atoms with E-state index in [1.165, 1.54) is 0 Å². The lowest BCUT2D eigenvalue weighted by Gasteiger charge is -2.49. The molecule has 2 aliphatic heterocycles. The van der Waals surface area contributed by atoms with Gasteiger partial charge in [0.15, 0.2) is 6.29 Å². The lowest BCUT2D eigenvalue weighted by molar-refractivity contribution is -0.282. The predicted molar refractivity (Wildman–Crippen MR) is 123 cm³/mol. The van der Waals surface area contributed by atoms with Crippen molar-refractivity contribution in [2.45, 2.75) is 116 Å². The minimum atomic E-state index is -0.364. The molecule has 3 fully saturated rings. The Hall–Kier alpha value is -0.280. The van der Waals surface area contributed by atoms with Gasteiger partial charge in [-0.1, -0.05) is 41.0 Å². The highest BCUT2D eigenvalue weighted by molar-refractivity contribution is 4.97. The van der Waals surface area contributed by atoms with Crippen LogP contribution < -0.4 is 0 Å². The largest absolute Gasteiger partial charge is 0.396 e. The quantitative estimate of drug-likeness (QED) is 0.516. The lowest BCUT2D eigenvalue weighted by Crippen LogP contribution is -2.54. The fourth-order valence-corrected chi connectivity index (χ4v) is 5.27. The second-order valence-corrected chi connectivity index (χ2v) is 9.86. The van der Waals surface area contributed by atoms with Gasteiger partial charge < -0.3 is 33.9 Å². The minimum Gasteiger partial charge on any atom is -0.396 e. The van der Waals surface area contributed by atoms with Crippen LogP contribution in [0.1, 0.15) is 73.1 Å². The smallest absolute Gasteiger partial charge is 0.160 e. The molecule has 0 bridgehead atoms. The molecule has 0 aromatic carbocycles. The molecule has 7 heteroatoms. The first-order chi connectivity index (χ1) is 15.3. The van der Waals surface area contributed by atoms with Crippen molar-refractivity contribution in [2.75, 3.05) is 27.4 Å². The van der Waals surface area contributed by atoms with Crippen molar-refractivity contribution in [1.82, 2.24) is 0 Å². The molecule has 7 unspecified atom stereocenters. The van der Waals surface area contributed by atoms with Crippen LogP contribution in [0.15, 0.2) is 0 Å². The van der Waals surface area contributed by atoms with Crippen molar-refractivity contribution in [3.8, 4) is 0 Å². The summed E-state index contributed by atoms with van der Waals surface area (Å²) >= 11 is 0. The van der Waals surface area contributed by atoms with E-state index in [9.17, 15) is 10.2 Å². The van der Waals surface area contributed by atoms with Crippen LogP contribution >= 0.6 is 0 Å². The van der Waals surface area contributed by atoms with E-state index >= 15 is 0 Å². The SMILES string of the molecule is CC.CCC1CC1C(O)CC1CC(O[C@@H]2CC(OC)[C@H](OC)CO2)C(C)(C)C(CCO)O1. The van der Waals surface area contributed by atoms with Gasteiger partial charge in [-0.25, -0.2) is 0 Å². The number of aliphatic hydroxyl groups excluding tert-OH is 2. The van der Waals surface area contributed by atoms with Crippen molar-refractivity contribution in [3.63, 3.8) is 0 Å². The summed E-state index contributed by atoms with van der Waals surface area (Å²) in [4.78, 5) is 0. The average molecular weight is 461 g/mol. The maximum Gasteiger partial charge on any atom is 0.160 e. The molecule has 32 heavy (non-hydrogen) atoms. The van der Waals surface area contributed by atoms with Crippen LogP contribution in [0.2, 0.25) is 0 Å². The molecule has 190 valence electrons. The lowest BCUT2D eigenvalue weighted by atomic mass is 9.74. The Balaban J connectivity index is 0.00000176. The number of aliphatic hydroxyl groups is 2. The topological polar surface area (TPSA) is 86.6 Å². The molecular formula is C25H48O7. The highest BCUT2D eigenvalue weighted by Crippen LogP contribution is 2.47. The Morgan fingerprint density at radius 2 is 1.75 bits per heavy atom. The summed E-state index contributed by atoms with van der Waals surface area (Å²) in [5.74, 6) is 1.05. The summed E-state index contributed by atoms with van der Waals surface area (Å²) in [6, 6.07) is 0. The van der Waals surface area contributed by atoms with Gasteiger partial charge in [0.1, 0.15) is 6.10 Å². The second-order valence-electron chi connectivity index (χ2n) is 9.86. The number of hydrogen-bond donors (Lipinski definition) is 2. The predicted octanol–water partition coefficient (Wildman–Crippen LogP) is 3.54. The third-order valence-electron chi connectivity index (χ3n) is 7.59. The first-order valence-corrected chi connectivity index (χ1v) is 12.6. The standard InChI is InChI=1S/C23H42O7.C2H6/c1-6-14-9-16(14)17(25)10-15-11-21(23(2,3)20(29-15)7-8-24)30-22-12-18(26-4)19(27-5)13-28-22;1-2/h14-22,24-25H,6-13H2,1-5H3;1-2H3/t14?,15?,16?,17?,18?,19-,20?,21?,22-;/m1./s1. The molecule has 2 saturated heterocycles. The first-order valence-electron chi connectivity index (χ1n) is 12.6.